The molecule has 0 aromatic carbocycles. The molecule has 0 saturated carbocycles. The maximum absolute atomic E-state index is 12.2. The summed E-state index contributed by atoms with van der Waals surface area (Å²) < 4.78 is 39.8. The van der Waals surface area contributed by atoms with Crippen LogP contribution < -0.4 is 0 Å². The van der Waals surface area contributed by atoms with E-state index in [1.165, 1.54) is 0 Å². The first-order chi connectivity index (χ1) is 13.3. The summed E-state index contributed by atoms with van der Waals surface area (Å²) in [6.07, 6.45) is -2.78. The topological polar surface area (TPSA) is 81.7 Å². The molecule has 28 heavy (non-hydrogen) atoms. The standard InChI is InChI=1S/C19H35O8P/c1-9-10(2)15(17(20)27-28)26-19(11(9)3)25-14-12(4)18(23-7)24-13(8-21-5)16(14)22-6/h9-16,18-19H,8,28H2,1-7H3/t9-,10-,11?,12-,13?,14?,15?,16-,18+,19+/m0/s1. The van der Waals surface area contributed by atoms with E-state index in [-0.39, 0.29) is 42.0 Å². The molecular formula is C19H35O8P. The van der Waals surface area contributed by atoms with Gasteiger partial charge in [-0.1, -0.05) is 27.7 Å². The van der Waals surface area contributed by atoms with Crippen LogP contribution in [0.2, 0.25) is 0 Å². The zero-order chi connectivity index (χ0) is 21.0. The third kappa shape index (κ3) is 4.86. The van der Waals surface area contributed by atoms with Crippen LogP contribution in [0, 0.1) is 23.7 Å². The molecule has 2 aliphatic rings. The van der Waals surface area contributed by atoms with Crippen LogP contribution in [0.25, 0.3) is 0 Å². The molecule has 0 N–H and O–H groups in total. The Morgan fingerprint density at radius 3 is 2.07 bits per heavy atom. The van der Waals surface area contributed by atoms with E-state index in [4.69, 9.17) is 32.9 Å². The molecular weight excluding hydrogens is 387 g/mol. The Balaban J connectivity index is 2.23. The molecule has 8 nitrogen and oxygen atoms in total. The third-order valence-electron chi connectivity index (χ3n) is 6.27. The largest absolute Gasteiger partial charge is 0.450 e. The quantitative estimate of drug-likeness (QED) is 0.577. The van der Waals surface area contributed by atoms with Crippen LogP contribution in [0.3, 0.4) is 0 Å². The van der Waals surface area contributed by atoms with Gasteiger partial charge in [-0.2, -0.15) is 0 Å². The highest BCUT2D eigenvalue weighted by Gasteiger charge is 2.49. The Morgan fingerprint density at radius 2 is 1.54 bits per heavy atom. The van der Waals surface area contributed by atoms with E-state index in [1.807, 2.05) is 23.3 Å². The molecule has 0 bridgehead atoms. The van der Waals surface area contributed by atoms with Gasteiger partial charge in [-0.3, -0.25) is 0 Å². The summed E-state index contributed by atoms with van der Waals surface area (Å²) in [5.74, 6) is -0.225. The minimum absolute atomic E-state index is 0.0150. The summed E-state index contributed by atoms with van der Waals surface area (Å²) in [4.78, 5) is 12.2. The van der Waals surface area contributed by atoms with E-state index >= 15 is 0 Å². The molecule has 2 fully saturated rings. The Morgan fingerprint density at radius 1 is 0.857 bits per heavy atom. The van der Waals surface area contributed by atoms with Gasteiger partial charge in [-0.15, -0.1) is 0 Å². The fraction of sp³-hybridized carbons (Fsp3) is 0.947. The van der Waals surface area contributed by atoms with E-state index in [2.05, 4.69) is 13.8 Å². The SMILES string of the molecule is COCC1O[C@@H](OC)[C@@H](C)C(O[C@@H]2OC(C(=O)OP)[C@@H](C)[C@H](C)C2C)[C@H]1OC. The van der Waals surface area contributed by atoms with Gasteiger partial charge in [-0.05, 0) is 11.8 Å². The fourth-order valence-electron chi connectivity index (χ4n) is 4.14. The first kappa shape index (κ1) is 23.9. The first-order valence-electron chi connectivity index (χ1n) is 9.72. The van der Waals surface area contributed by atoms with Crippen molar-refractivity contribution < 1.29 is 37.7 Å². The molecule has 0 radical (unpaired) electrons. The number of carbonyl (C=O) groups is 1. The average molecular weight is 422 g/mol. The second-order valence-electron chi connectivity index (χ2n) is 7.83. The molecule has 164 valence electrons. The van der Waals surface area contributed by atoms with E-state index in [0.29, 0.717) is 6.61 Å². The lowest BCUT2D eigenvalue weighted by atomic mass is 9.79. The molecule has 0 aromatic rings. The Bertz CT molecular complexity index is 506. The van der Waals surface area contributed by atoms with Gasteiger partial charge in [-0.25, -0.2) is 4.79 Å². The second kappa shape index (κ2) is 10.6. The van der Waals surface area contributed by atoms with Gasteiger partial charge < -0.3 is 32.9 Å². The summed E-state index contributed by atoms with van der Waals surface area (Å²) >= 11 is 0. The van der Waals surface area contributed by atoms with Crippen LogP contribution in [-0.2, 0) is 37.7 Å². The maximum Gasteiger partial charge on any atom is 0.337 e. The number of methoxy groups -OCH3 is 3. The normalized spacial score (nSPS) is 44.3. The minimum Gasteiger partial charge on any atom is -0.450 e. The van der Waals surface area contributed by atoms with E-state index in [9.17, 15) is 4.79 Å². The Labute approximate surface area is 170 Å². The number of hydrogen-bond acceptors (Lipinski definition) is 8. The van der Waals surface area contributed by atoms with Crippen LogP contribution in [0.4, 0.5) is 0 Å². The summed E-state index contributed by atoms with van der Waals surface area (Å²) in [6, 6.07) is 0. The second-order valence-corrected chi connectivity index (χ2v) is 8.07. The lowest BCUT2D eigenvalue weighted by Crippen LogP contribution is -2.59. The Kier molecular flexibility index (Phi) is 9.08. The van der Waals surface area contributed by atoms with Crippen LogP contribution in [-0.4, -0.2) is 70.9 Å². The van der Waals surface area contributed by atoms with Crippen molar-refractivity contribution in [3.8, 4) is 0 Å². The van der Waals surface area contributed by atoms with Gasteiger partial charge >= 0.3 is 5.97 Å². The third-order valence-corrected chi connectivity index (χ3v) is 6.50. The Hall–Kier alpha value is -0.340. The smallest absolute Gasteiger partial charge is 0.337 e. The molecule has 2 aliphatic heterocycles. The lowest BCUT2D eigenvalue weighted by Gasteiger charge is -2.48. The molecule has 2 heterocycles. The highest BCUT2D eigenvalue weighted by molar-refractivity contribution is 7.10. The van der Waals surface area contributed by atoms with Crippen LogP contribution >= 0.6 is 9.47 Å². The van der Waals surface area contributed by atoms with Crippen molar-refractivity contribution >= 4 is 15.4 Å². The van der Waals surface area contributed by atoms with Crippen LogP contribution in [0.5, 0.6) is 0 Å². The van der Waals surface area contributed by atoms with Gasteiger partial charge in [0, 0.05) is 33.2 Å². The highest BCUT2D eigenvalue weighted by Crippen LogP contribution is 2.39. The van der Waals surface area contributed by atoms with Crippen molar-refractivity contribution in [3.63, 3.8) is 0 Å². The van der Waals surface area contributed by atoms with Gasteiger partial charge in [0.1, 0.15) is 12.2 Å². The van der Waals surface area contributed by atoms with Crippen molar-refractivity contribution in [1.82, 2.24) is 0 Å². The summed E-state index contributed by atoms with van der Waals surface area (Å²) in [7, 11) is 6.83. The minimum atomic E-state index is -0.683. The first-order valence-corrected chi connectivity index (χ1v) is 10.2. The van der Waals surface area contributed by atoms with Gasteiger partial charge in [0.05, 0.1) is 22.2 Å². The number of hydrogen-bond donors (Lipinski definition) is 0. The summed E-state index contributed by atoms with van der Waals surface area (Å²) in [6.45, 7) is 8.50. The summed E-state index contributed by atoms with van der Waals surface area (Å²) in [5.41, 5.74) is 0. The number of ether oxygens (including phenoxy) is 6. The monoisotopic (exact) mass is 422 g/mol. The van der Waals surface area contributed by atoms with Gasteiger partial charge in [0.2, 0.25) is 0 Å². The van der Waals surface area contributed by atoms with E-state index < -0.39 is 24.7 Å². The van der Waals surface area contributed by atoms with Crippen molar-refractivity contribution in [2.24, 2.45) is 23.7 Å². The molecule has 2 rings (SSSR count). The number of rotatable bonds is 7. The molecule has 0 aliphatic carbocycles. The average Bonchev–Trinajstić information content (AvgIpc) is 2.69. The summed E-state index contributed by atoms with van der Waals surface area (Å²) in [5, 5.41) is 0. The highest BCUT2D eigenvalue weighted by atomic mass is 31.0. The van der Waals surface area contributed by atoms with Crippen molar-refractivity contribution in [3.05, 3.63) is 0 Å². The molecule has 9 heteroatoms. The van der Waals surface area contributed by atoms with Crippen LogP contribution in [0.15, 0.2) is 0 Å². The predicted molar refractivity (Wildman–Crippen MR) is 104 cm³/mol. The van der Waals surface area contributed by atoms with Crippen molar-refractivity contribution in [2.45, 2.75) is 64.7 Å². The van der Waals surface area contributed by atoms with E-state index in [1.54, 1.807) is 21.3 Å². The van der Waals surface area contributed by atoms with Crippen LogP contribution in [0.1, 0.15) is 27.7 Å². The van der Waals surface area contributed by atoms with Crippen molar-refractivity contribution in [1.29, 1.82) is 0 Å². The molecule has 2 saturated heterocycles. The fourth-order valence-corrected chi connectivity index (χ4v) is 4.27. The molecule has 0 spiro atoms. The zero-order valence-corrected chi connectivity index (χ0v) is 19.0. The predicted octanol–water partition coefficient (Wildman–Crippen LogP) is 2.01. The lowest BCUT2D eigenvalue weighted by molar-refractivity contribution is -0.331. The number of carbonyl (C=O) groups excluding carboxylic acids is 1. The molecule has 0 aromatic heterocycles. The molecule has 0 amide bonds. The van der Waals surface area contributed by atoms with Gasteiger partial charge in [0.25, 0.3) is 0 Å². The maximum atomic E-state index is 12.2. The zero-order valence-electron chi connectivity index (χ0n) is 17.8. The molecule has 11 atom stereocenters. The van der Waals surface area contributed by atoms with Gasteiger partial charge in [0.15, 0.2) is 18.7 Å². The molecule has 5 unspecified atom stereocenters. The van der Waals surface area contributed by atoms with E-state index in [0.717, 1.165) is 0 Å². The van der Waals surface area contributed by atoms with Crippen molar-refractivity contribution in [2.75, 3.05) is 27.9 Å².